The molecule has 7 nitrogen and oxygen atoms in total. The second-order valence-electron chi connectivity index (χ2n) is 5.75. The van der Waals surface area contributed by atoms with Gasteiger partial charge in [-0.3, -0.25) is 15.0 Å². The molecule has 0 bridgehead atoms. The number of nitro groups is 1. The van der Waals surface area contributed by atoms with E-state index in [2.05, 4.69) is 4.90 Å². The van der Waals surface area contributed by atoms with Gasteiger partial charge >= 0.3 is 5.69 Å². The molecule has 0 radical (unpaired) electrons. The maximum Gasteiger partial charge on any atom is 0.305 e. The third-order valence-corrected chi connectivity index (χ3v) is 8.10. The van der Waals surface area contributed by atoms with Crippen LogP contribution >= 0.6 is 34.3 Å². The van der Waals surface area contributed by atoms with E-state index in [0.717, 1.165) is 47.6 Å². The van der Waals surface area contributed by atoms with Gasteiger partial charge in [-0.1, -0.05) is 22.9 Å². The number of hydrogen-bond donors (Lipinski definition) is 0. The maximum absolute atomic E-state index is 11.7. The van der Waals surface area contributed by atoms with Gasteiger partial charge in [0.05, 0.1) is 9.26 Å². The van der Waals surface area contributed by atoms with Crippen LogP contribution in [0.4, 0.5) is 10.7 Å². The summed E-state index contributed by atoms with van der Waals surface area (Å²) < 4.78 is 24.2. The number of nitrogens with zero attached hydrogens (tertiary/aromatic N) is 3. The van der Waals surface area contributed by atoms with Gasteiger partial charge in [-0.15, -0.1) is 11.3 Å². The van der Waals surface area contributed by atoms with E-state index in [9.17, 15) is 18.5 Å². The van der Waals surface area contributed by atoms with Crippen molar-refractivity contribution in [3.8, 4) is 0 Å². The SMILES string of the molecule is CS(=O)(=O)c1cc([N+](=O)[O-])c(N2CCN(Cc3ccc(Cl)s3)CC2)s1. The first-order chi connectivity index (χ1) is 11.7. The highest BCUT2D eigenvalue weighted by atomic mass is 35.5. The quantitative estimate of drug-likeness (QED) is 0.544. The van der Waals surface area contributed by atoms with E-state index in [0.29, 0.717) is 18.1 Å². The van der Waals surface area contributed by atoms with Crippen molar-refractivity contribution < 1.29 is 13.3 Å². The predicted molar refractivity (Wildman–Crippen MR) is 101 cm³/mol. The third kappa shape index (κ3) is 4.32. The van der Waals surface area contributed by atoms with Crippen LogP contribution in [-0.4, -0.2) is 50.7 Å². The summed E-state index contributed by atoms with van der Waals surface area (Å²) >= 11 is 8.47. The molecular formula is C14H16ClN3O4S3. The summed E-state index contributed by atoms with van der Waals surface area (Å²) in [5.74, 6) is 0. The monoisotopic (exact) mass is 421 g/mol. The van der Waals surface area contributed by atoms with Gasteiger partial charge < -0.3 is 4.90 Å². The number of hydrogen-bond acceptors (Lipinski definition) is 8. The fourth-order valence-electron chi connectivity index (χ4n) is 2.66. The third-order valence-electron chi connectivity index (χ3n) is 3.90. The Kier molecular flexibility index (Phi) is 5.35. The number of sulfone groups is 1. The molecule has 2 aromatic heterocycles. The largest absolute Gasteiger partial charge is 0.355 e. The van der Waals surface area contributed by atoms with E-state index in [-0.39, 0.29) is 9.90 Å². The van der Waals surface area contributed by atoms with Gasteiger partial charge in [0.2, 0.25) is 0 Å². The average Bonchev–Trinajstić information content (AvgIpc) is 3.14. The van der Waals surface area contributed by atoms with Crippen LogP contribution in [0, 0.1) is 10.1 Å². The fraction of sp³-hybridized carbons (Fsp3) is 0.429. The Bertz CT molecular complexity index is 885. The van der Waals surface area contributed by atoms with E-state index in [1.807, 2.05) is 17.0 Å². The Hall–Kier alpha value is -1.20. The molecule has 0 N–H and O–H groups in total. The smallest absolute Gasteiger partial charge is 0.305 e. The lowest BCUT2D eigenvalue weighted by atomic mass is 10.3. The summed E-state index contributed by atoms with van der Waals surface area (Å²) in [4.78, 5) is 16.1. The standard InChI is InChI=1S/C14H16ClN3O4S3/c1-25(21,22)13-8-11(18(19)20)14(24-13)17-6-4-16(5-7-17)9-10-2-3-12(15)23-10/h2-3,8H,4-7,9H2,1H3. The fourth-order valence-corrected chi connectivity index (χ4v) is 5.87. The highest BCUT2D eigenvalue weighted by molar-refractivity contribution is 7.92. The number of piperazine rings is 1. The van der Waals surface area contributed by atoms with E-state index in [4.69, 9.17) is 11.6 Å². The Morgan fingerprint density at radius 2 is 1.92 bits per heavy atom. The molecule has 3 rings (SSSR count). The van der Waals surface area contributed by atoms with Crippen LogP contribution in [0.3, 0.4) is 0 Å². The van der Waals surface area contributed by atoms with Crippen molar-refractivity contribution in [1.82, 2.24) is 4.90 Å². The minimum absolute atomic E-state index is 0.0323. The minimum atomic E-state index is -3.46. The van der Waals surface area contributed by atoms with Crippen LogP contribution in [0.1, 0.15) is 4.88 Å². The lowest BCUT2D eigenvalue weighted by Crippen LogP contribution is -2.45. The first-order valence-corrected chi connectivity index (χ1v) is 11.3. The molecule has 1 saturated heterocycles. The van der Waals surface area contributed by atoms with Gasteiger partial charge in [0.1, 0.15) is 4.21 Å². The lowest BCUT2D eigenvalue weighted by Gasteiger charge is -2.34. The van der Waals surface area contributed by atoms with Crippen LogP contribution in [-0.2, 0) is 16.4 Å². The predicted octanol–water partition coefficient (Wildman–Crippen LogP) is 3.10. The van der Waals surface area contributed by atoms with Crippen LogP contribution < -0.4 is 4.90 Å². The molecular weight excluding hydrogens is 406 g/mol. The van der Waals surface area contributed by atoms with Crippen molar-refractivity contribution in [3.05, 3.63) is 37.5 Å². The second kappa shape index (κ2) is 7.20. The van der Waals surface area contributed by atoms with E-state index in [1.165, 1.54) is 4.88 Å². The number of rotatable bonds is 5. The molecule has 0 spiro atoms. The van der Waals surface area contributed by atoms with E-state index in [1.54, 1.807) is 11.3 Å². The number of anilines is 1. The summed E-state index contributed by atoms with van der Waals surface area (Å²) in [6.07, 6.45) is 1.07. The molecule has 0 aromatic carbocycles. The Morgan fingerprint density at radius 1 is 1.24 bits per heavy atom. The molecule has 136 valence electrons. The first kappa shape index (κ1) is 18.6. The molecule has 0 aliphatic carbocycles. The number of halogens is 1. The van der Waals surface area contributed by atoms with Crippen molar-refractivity contribution in [2.45, 2.75) is 10.8 Å². The first-order valence-electron chi connectivity index (χ1n) is 7.44. The van der Waals surface area contributed by atoms with Gasteiger partial charge in [0, 0.05) is 49.9 Å². The van der Waals surface area contributed by atoms with E-state index < -0.39 is 14.8 Å². The highest BCUT2D eigenvalue weighted by Gasteiger charge is 2.29. The summed E-state index contributed by atoms with van der Waals surface area (Å²) in [6.45, 7) is 3.53. The van der Waals surface area contributed by atoms with Gasteiger partial charge in [0.25, 0.3) is 0 Å². The zero-order valence-corrected chi connectivity index (χ0v) is 16.6. The molecule has 1 aliphatic rings. The normalized spacial score (nSPS) is 16.3. The Labute approximate surface area is 158 Å². The second-order valence-corrected chi connectivity index (χ2v) is 10.8. The van der Waals surface area contributed by atoms with Crippen LogP contribution in [0.15, 0.2) is 22.4 Å². The summed E-state index contributed by atoms with van der Waals surface area (Å²) in [5.41, 5.74) is -0.135. The van der Waals surface area contributed by atoms with Crippen LogP contribution in [0.5, 0.6) is 0 Å². The van der Waals surface area contributed by atoms with Crippen molar-refractivity contribution >= 4 is 54.8 Å². The minimum Gasteiger partial charge on any atom is -0.355 e. The molecule has 25 heavy (non-hydrogen) atoms. The lowest BCUT2D eigenvalue weighted by molar-refractivity contribution is -0.383. The van der Waals surface area contributed by atoms with Gasteiger partial charge in [-0.25, -0.2) is 8.42 Å². The highest BCUT2D eigenvalue weighted by Crippen LogP contribution is 2.40. The maximum atomic E-state index is 11.7. The topological polar surface area (TPSA) is 83.8 Å². The summed E-state index contributed by atoms with van der Waals surface area (Å²) in [6, 6.07) is 5.04. The summed E-state index contributed by atoms with van der Waals surface area (Å²) in [5, 5.41) is 11.7. The van der Waals surface area contributed by atoms with Crippen LogP contribution in [0.2, 0.25) is 4.34 Å². The van der Waals surface area contributed by atoms with Crippen molar-refractivity contribution in [3.63, 3.8) is 0 Å². The molecule has 0 saturated carbocycles. The molecule has 3 heterocycles. The Morgan fingerprint density at radius 3 is 2.44 bits per heavy atom. The van der Waals surface area contributed by atoms with Crippen molar-refractivity contribution in [1.29, 1.82) is 0 Å². The van der Waals surface area contributed by atoms with Crippen LogP contribution in [0.25, 0.3) is 0 Å². The average molecular weight is 422 g/mol. The number of thiophene rings is 2. The molecule has 0 unspecified atom stereocenters. The zero-order valence-electron chi connectivity index (χ0n) is 13.3. The zero-order chi connectivity index (χ0) is 18.2. The molecule has 0 amide bonds. The van der Waals surface area contributed by atoms with E-state index >= 15 is 0 Å². The van der Waals surface area contributed by atoms with Gasteiger partial charge in [-0.2, -0.15) is 0 Å². The molecule has 2 aromatic rings. The van der Waals surface area contributed by atoms with Gasteiger partial charge in [0.15, 0.2) is 14.8 Å². The van der Waals surface area contributed by atoms with Gasteiger partial charge in [-0.05, 0) is 12.1 Å². The van der Waals surface area contributed by atoms with Crippen molar-refractivity contribution in [2.24, 2.45) is 0 Å². The summed E-state index contributed by atoms with van der Waals surface area (Å²) in [7, 11) is -3.46. The Balaban J connectivity index is 1.72. The molecule has 11 heteroatoms. The molecule has 1 fully saturated rings. The van der Waals surface area contributed by atoms with Crippen molar-refractivity contribution in [2.75, 3.05) is 37.3 Å². The molecule has 1 aliphatic heterocycles. The molecule has 0 atom stereocenters.